The van der Waals surface area contributed by atoms with E-state index in [1.54, 1.807) is 6.26 Å². The second kappa shape index (κ2) is 3.28. The molecule has 0 saturated carbocycles. The van der Waals surface area contributed by atoms with Crippen molar-refractivity contribution in [3.05, 3.63) is 29.3 Å². The van der Waals surface area contributed by atoms with Crippen LogP contribution >= 0.6 is 0 Å². The lowest BCUT2D eigenvalue weighted by Gasteiger charge is -2.07. The summed E-state index contributed by atoms with van der Waals surface area (Å²) in [6.45, 7) is 3.99. The molecule has 60 valence electrons. The lowest BCUT2D eigenvalue weighted by atomic mass is 10.2. The van der Waals surface area contributed by atoms with Crippen molar-refractivity contribution in [3.63, 3.8) is 0 Å². The van der Waals surface area contributed by atoms with E-state index >= 15 is 0 Å². The maximum Gasteiger partial charge on any atom is 0.155 e. The summed E-state index contributed by atoms with van der Waals surface area (Å²) in [7, 11) is 0. The summed E-state index contributed by atoms with van der Waals surface area (Å²) in [6.07, 6.45) is 1.71. The van der Waals surface area contributed by atoms with Gasteiger partial charge in [-0.05, 0) is 36.7 Å². The third-order valence-electron chi connectivity index (χ3n) is 1.65. The Bertz CT molecular complexity index is 256. The summed E-state index contributed by atoms with van der Waals surface area (Å²) < 4.78 is 11.1. The standard InChI is InChI=1S/C9H12OS/c1-7-4-5-8(2)9(6-7)11(3)10/h4-6H,1-3H3. The van der Waals surface area contributed by atoms with E-state index in [1.165, 1.54) is 5.56 Å². The van der Waals surface area contributed by atoms with Gasteiger partial charge in [-0.1, -0.05) is 12.1 Å². The summed E-state index contributed by atoms with van der Waals surface area (Å²) in [5.41, 5.74) is 2.28. The van der Waals surface area contributed by atoms with Gasteiger partial charge in [-0.3, -0.25) is 0 Å². The molecule has 0 spiro atoms. The third kappa shape index (κ3) is 1.98. The predicted molar refractivity (Wildman–Crippen MR) is 48.2 cm³/mol. The molecular weight excluding hydrogens is 156 g/mol. The fourth-order valence-electron chi connectivity index (χ4n) is 1.02. The Morgan fingerprint density at radius 2 is 1.91 bits per heavy atom. The number of hydrogen-bond acceptors (Lipinski definition) is 1. The van der Waals surface area contributed by atoms with Gasteiger partial charge in [0.25, 0.3) is 0 Å². The summed E-state index contributed by atoms with van der Waals surface area (Å²) >= 11 is -0.851. The van der Waals surface area contributed by atoms with Crippen LogP contribution in [0.2, 0.25) is 0 Å². The van der Waals surface area contributed by atoms with Gasteiger partial charge in [0.05, 0.1) is 0 Å². The molecular formula is C9H12OS. The highest BCUT2D eigenvalue weighted by atomic mass is 32.2. The maximum atomic E-state index is 11.1. The van der Waals surface area contributed by atoms with E-state index < -0.39 is 11.2 Å². The van der Waals surface area contributed by atoms with E-state index in [4.69, 9.17) is 0 Å². The van der Waals surface area contributed by atoms with E-state index in [0.717, 1.165) is 10.5 Å². The molecule has 0 aliphatic heterocycles. The van der Waals surface area contributed by atoms with Crippen LogP contribution in [-0.4, -0.2) is 10.8 Å². The monoisotopic (exact) mass is 168 g/mol. The third-order valence-corrected chi connectivity index (χ3v) is 2.71. The maximum absolute atomic E-state index is 11.1. The minimum atomic E-state index is -0.851. The molecule has 11 heavy (non-hydrogen) atoms. The molecule has 0 aromatic heterocycles. The Hall–Kier alpha value is -0.470. The molecule has 0 heterocycles. The first-order valence-electron chi connectivity index (χ1n) is 3.52. The minimum absolute atomic E-state index is 0.851. The van der Waals surface area contributed by atoms with Gasteiger partial charge < -0.3 is 4.55 Å². The molecule has 0 fully saturated rings. The fraction of sp³-hybridized carbons (Fsp3) is 0.333. The second-order valence-electron chi connectivity index (χ2n) is 2.72. The van der Waals surface area contributed by atoms with Crippen LogP contribution in [0.5, 0.6) is 0 Å². The highest BCUT2D eigenvalue weighted by molar-refractivity contribution is 7.90. The number of benzene rings is 1. The highest BCUT2D eigenvalue weighted by Crippen LogP contribution is 2.15. The first-order chi connectivity index (χ1) is 5.11. The predicted octanol–water partition coefficient (Wildman–Crippen LogP) is 2.04. The number of aryl methyl sites for hydroxylation is 2. The topological polar surface area (TPSA) is 23.1 Å². The SMILES string of the molecule is Cc1ccc(C)c([S+](C)[O-])c1. The van der Waals surface area contributed by atoms with Crippen LogP contribution in [0.3, 0.4) is 0 Å². The van der Waals surface area contributed by atoms with Crippen LogP contribution in [-0.2, 0) is 11.2 Å². The quantitative estimate of drug-likeness (QED) is 0.588. The summed E-state index contributed by atoms with van der Waals surface area (Å²) in [5.74, 6) is 0. The average Bonchev–Trinajstić information content (AvgIpc) is 1.94. The normalized spacial score (nSPS) is 13.1. The zero-order valence-corrected chi connectivity index (χ0v) is 7.87. The van der Waals surface area contributed by atoms with Crippen molar-refractivity contribution < 1.29 is 4.55 Å². The Balaban J connectivity index is 3.13. The Kier molecular flexibility index (Phi) is 2.58. The molecule has 0 saturated heterocycles. The molecule has 1 nitrogen and oxygen atoms in total. The lowest BCUT2D eigenvalue weighted by molar-refractivity contribution is 0.600. The number of rotatable bonds is 1. The largest absolute Gasteiger partial charge is 0.612 e. The summed E-state index contributed by atoms with van der Waals surface area (Å²) in [6, 6.07) is 6.02. The van der Waals surface area contributed by atoms with Crippen molar-refractivity contribution in [1.29, 1.82) is 0 Å². The fourth-order valence-corrected chi connectivity index (χ4v) is 1.89. The number of hydrogen-bond donors (Lipinski definition) is 0. The van der Waals surface area contributed by atoms with Gasteiger partial charge in [-0.25, -0.2) is 0 Å². The Labute approximate surface area is 70.6 Å². The van der Waals surface area contributed by atoms with Gasteiger partial charge in [0.2, 0.25) is 0 Å². The summed E-state index contributed by atoms with van der Waals surface area (Å²) in [5, 5.41) is 0. The molecule has 2 heteroatoms. The molecule has 0 radical (unpaired) electrons. The Morgan fingerprint density at radius 1 is 1.27 bits per heavy atom. The van der Waals surface area contributed by atoms with E-state index in [1.807, 2.05) is 32.0 Å². The highest BCUT2D eigenvalue weighted by Gasteiger charge is 2.07. The molecule has 1 aromatic rings. The van der Waals surface area contributed by atoms with Crippen LogP contribution in [0.4, 0.5) is 0 Å². The van der Waals surface area contributed by atoms with E-state index in [-0.39, 0.29) is 0 Å². The van der Waals surface area contributed by atoms with Crippen LogP contribution in [0, 0.1) is 13.8 Å². The van der Waals surface area contributed by atoms with Gasteiger partial charge in [0.1, 0.15) is 6.26 Å². The van der Waals surface area contributed by atoms with E-state index in [2.05, 4.69) is 0 Å². The first-order valence-corrected chi connectivity index (χ1v) is 5.08. The smallest absolute Gasteiger partial charge is 0.155 e. The molecule has 0 aliphatic rings. The van der Waals surface area contributed by atoms with Gasteiger partial charge >= 0.3 is 0 Å². The summed E-state index contributed by atoms with van der Waals surface area (Å²) in [4.78, 5) is 0.949. The minimum Gasteiger partial charge on any atom is -0.612 e. The van der Waals surface area contributed by atoms with E-state index in [0.29, 0.717) is 0 Å². The van der Waals surface area contributed by atoms with Crippen LogP contribution in [0.15, 0.2) is 23.1 Å². The molecule has 1 aromatic carbocycles. The molecule has 0 aliphatic carbocycles. The molecule has 0 bridgehead atoms. The van der Waals surface area contributed by atoms with Crippen molar-refractivity contribution in [3.8, 4) is 0 Å². The zero-order chi connectivity index (χ0) is 8.43. The van der Waals surface area contributed by atoms with Crippen LogP contribution < -0.4 is 0 Å². The van der Waals surface area contributed by atoms with Gasteiger partial charge in [-0.2, -0.15) is 0 Å². The molecule has 0 N–H and O–H groups in total. The molecule has 1 atom stereocenters. The Morgan fingerprint density at radius 3 is 2.36 bits per heavy atom. The van der Waals surface area contributed by atoms with Gasteiger partial charge in [0, 0.05) is 5.56 Å². The first kappa shape index (κ1) is 8.62. The van der Waals surface area contributed by atoms with Gasteiger partial charge in [-0.15, -0.1) is 0 Å². The van der Waals surface area contributed by atoms with E-state index in [9.17, 15) is 4.55 Å². The molecule has 0 amide bonds. The van der Waals surface area contributed by atoms with Crippen molar-refractivity contribution in [2.75, 3.05) is 6.26 Å². The molecule has 1 rings (SSSR count). The second-order valence-corrected chi connectivity index (χ2v) is 4.07. The average molecular weight is 168 g/mol. The van der Waals surface area contributed by atoms with Crippen molar-refractivity contribution in [2.45, 2.75) is 18.7 Å². The van der Waals surface area contributed by atoms with Crippen LogP contribution in [0.1, 0.15) is 11.1 Å². The van der Waals surface area contributed by atoms with Crippen molar-refractivity contribution in [1.82, 2.24) is 0 Å². The van der Waals surface area contributed by atoms with Crippen molar-refractivity contribution >= 4 is 11.2 Å². The van der Waals surface area contributed by atoms with Gasteiger partial charge in [0.15, 0.2) is 4.90 Å². The lowest BCUT2D eigenvalue weighted by Crippen LogP contribution is -2.00. The van der Waals surface area contributed by atoms with Crippen LogP contribution in [0.25, 0.3) is 0 Å². The zero-order valence-electron chi connectivity index (χ0n) is 7.05. The van der Waals surface area contributed by atoms with Crippen molar-refractivity contribution in [2.24, 2.45) is 0 Å². The molecule has 1 unspecified atom stereocenters.